The van der Waals surface area contributed by atoms with Gasteiger partial charge in [-0.1, -0.05) is 12.1 Å². The zero-order valence-corrected chi connectivity index (χ0v) is 15.9. The number of carbonyl (C=O) groups excluding carboxylic acids is 1. The maximum atomic E-state index is 12.7. The van der Waals surface area contributed by atoms with Crippen LogP contribution in [0.4, 0.5) is 0 Å². The number of rotatable bonds is 5. The molecule has 0 fully saturated rings. The molecular formula is C20H22N4O4. The molecule has 0 saturated carbocycles. The van der Waals surface area contributed by atoms with Gasteiger partial charge < -0.3 is 14.5 Å². The molecule has 0 radical (unpaired) electrons. The van der Waals surface area contributed by atoms with E-state index >= 15 is 0 Å². The van der Waals surface area contributed by atoms with Gasteiger partial charge >= 0.3 is 5.97 Å². The van der Waals surface area contributed by atoms with Gasteiger partial charge in [-0.05, 0) is 24.6 Å². The standard InChI is InChI=1S/C20H22N4O4/c1-3-28-20(26)15-10-21-24-17-8-9-23(12-16(17)19(25)22-18(15)24)11-13-4-6-14(27-2)7-5-13/h4-7,10H,3,8-9,11-12H2,1-2H3,(H,22,25). The molecular weight excluding hydrogens is 360 g/mol. The fraction of sp³-hybridized carbons (Fsp3) is 0.350. The predicted molar refractivity (Wildman–Crippen MR) is 103 cm³/mol. The number of ether oxygens (including phenoxy) is 2. The van der Waals surface area contributed by atoms with Crippen molar-refractivity contribution in [3.8, 4) is 5.75 Å². The normalized spacial score (nSPS) is 14.1. The van der Waals surface area contributed by atoms with Crippen LogP contribution in [-0.4, -0.2) is 45.7 Å². The van der Waals surface area contributed by atoms with Crippen LogP contribution in [-0.2, 0) is 24.2 Å². The minimum atomic E-state index is -0.481. The molecule has 0 unspecified atom stereocenters. The lowest BCUT2D eigenvalue weighted by atomic mass is 10.1. The number of H-pyrrole nitrogens is 1. The molecule has 0 atom stereocenters. The molecule has 0 spiro atoms. The molecule has 0 saturated heterocycles. The number of carbonyl (C=O) groups is 1. The molecule has 1 aliphatic rings. The second kappa shape index (κ2) is 7.47. The van der Waals surface area contributed by atoms with Crippen molar-refractivity contribution in [1.29, 1.82) is 0 Å². The molecule has 1 aliphatic heterocycles. The van der Waals surface area contributed by atoms with Crippen molar-refractivity contribution >= 4 is 11.6 Å². The molecule has 8 nitrogen and oxygen atoms in total. The van der Waals surface area contributed by atoms with Crippen molar-refractivity contribution in [1.82, 2.24) is 19.5 Å². The van der Waals surface area contributed by atoms with Crippen LogP contribution < -0.4 is 10.3 Å². The second-order valence-electron chi connectivity index (χ2n) is 6.73. The topological polar surface area (TPSA) is 88.9 Å². The molecule has 146 valence electrons. The third-order valence-corrected chi connectivity index (χ3v) is 4.99. The molecule has 28 heavy (non-hydrogen) atoms. The Bertz CT molecular complexity index is 1070. The Hall–Kier alpha value is -3.13. The van der Waals surface area contributed by atoms with Gasteiger partial charge in [-0.3, -0.25) is 9.69 Å². The molecule has 1 aromatic carbocycles. The number of aromatic amines is 1. The van der Waals surface area contributed by atoms with Crippen molar-refractivity contribution in [2.24, 2.45) is 0 Å². The zero-order valence-electron chi connectivity index (χ0n) is 15.9. The lowest BCUT2D eigenvalue weighted by Gasteiger charge is -2.28. The highest BCUT2D eigenvalue weighted by Crippen LogP contribution is 2.21. The highest BCUT2D eigenvalue weighted by atomic mass is 16.5. The van der Waals surface area contributed by atoms with Crippen LogP contribution >= 0.6 is 0 Å². The summed E-state index contributed by atoms with van der Waals surface area (Å²) in [6.07, 6.45) is 2.13. The number of methoxy groups -OCH3 is 1. The smallest absolute Gasteiger partial charge is 0.343 e. The Morgan fingerprint density at radius 2 is 2.07 bits per heavy atom. The molecule has 0 aliphatic carbocycles. The molecule has 3 heterocycles. The van der Waals surface area contributed by atoms with Crippen LogP contribution in [0.25, 0.3) is 5.65 Å². The Morgan fingerprint density at radius 1 is 1.29 bits per heavy atom. The Kier molecular flexibility index (Phi) is 4.87. The molecule has 4 rings (SSSR count). The van der Waals surface area contributed by atoms with E-state index in [0.717, 1.165) is 30.1 Å². The van der Waals surface area contributed by atoms with Crippen molar-refractivity contribution in [3.05, 3.63) is 63.2 Å². The van der Waals surface area contributed by atoms with E-state index in [4.69, 9.17) is 9.47 Å². The summed E-state index contributed by atoms with van der Waals surface area (Å²) in [6.45, 7) is 4.08. The first-order valence-electron chi connectivity index (χ1n) is 9.25. The number of hydrogen-bond donors (Lipinski definition) is 1. The van der Waals surface area contributed by atoms with Gasteiger partial charge in [0.25, 0.3) is 5.56 Å². The van der Waals surface area contributed by atoms with Gasteiger partial charge in [-0.2, -0.15) is 5.10 Å². The third-order valence-electron chi connectivity index (χ3n) is 4.99. The lowest BCUT2D eigenvalue weighted by Crippen LogP contribution is -2.36. The summed E-state index contributed by atoms with van der Waals surface area (Å²) < 4.78 is 11.9. The quantitative estimate of drug-likeness (QED) is 0.677. The van der Waals surface area contributed by atoms with Crippen molar-refractivity contribution < 1.29 is 14.3 Å². The number of nitrogens with one attached hydrogen (secondary N) is 1. The van der Waals surface area contributed by atoms with E-state index in [1.165, 1.54) is 6.20 Å². The first-order chi connectivity index (χ1) is 13.6. The van der Waals surface area contributed by atoms with E-state index in [-0.39, 0.29) is 17.7 Å². The van der Waals surface area contributed by atoms with Gasteiger partial charge in [0.05, 0.1) is 31.2 Å². The average molecular weight is 382 g/mol. The van der Waals surface area contributed by atoms with Crippen molar-refractivity contribution in [3.63, 3.8) is 0 Å². The number of benzene rings is 1. The van der Waals surface area contributed by atoms with E-state index in [9.17, 15) is 9.59 Å². The summed E-state index contributed by atoms with van der Waals surface area (Å²) in [5, 5.41) is 4.32. The maximum absolute atomic E-state index is 12.7. The summed E-state index contributed by atoms with van der Waals surface area (Å²) in [4.78, 5) is 29.8. The highest BCUT2D eigenvalue weighted by Gasteiger charge is 2.25. The molecule has 3 aromatic rings. The Balaban J connectivity index is 1.61. The number of hydrogen-bond acceptors (Lipinski definition) is 6. The second-order valence-corrected chi connectivity index (χ2v) is 6.73. The molecule has 0 amide bonds. The third kappa shape index (κ3) is 3.27. The van der Waals surface area contributed by atoms with Crippen LogP contribution in [0.1, 0.15) is 34.1 Å². The average Bonchev–Trinajstić information content (AvgIpc) is 3.13. The number of nitrogens with zero attached hydrogens (tertiary/aromatic N) is 3. The molecule has 1 N–H and O–H groups in total. The van der Waals surface area contributed by atoms with E-state index < -0.39 is 5.97 Å². The lowest BCUT2D eigenvalue weighted by molar-refractivity contribution is 0.0528. The molecule has 0 bridgehead atoms. The van der Waals surface area contributed by atoms with Gasteiger partial charge in [0.1, 0.15) is 11.3 Å². The van der Waals surface area contributed by atoms with E-state index in [2.05, 4.69) is 15.0 Å². The fourth-order valence-electron chi connectivity index (χ4n) is 3.58. The minimum absolute atomic E-state index is 0.187. The van der Waals surface area contributed by atoms with Crippen LogP contribution in [0.3, 0.4) is 0 Å². The largest absolute Gasteiger partial charge is 0.497 e. The van der Waals surface area contributed by atoms with Crippen LogP contribution in [0.2, 0.25) is 0 Å². The Labute approximate surface area is 161 Å². The van der Waals surface area contributed by atoms with Crippen LogP contribution in [0, 0.1) is 0 Å². The van der Waals surface area contributed by atoms with Crippen LogP contribution in [0.5, 0.6) is 5.75 Å². The molecule has 2 aromatic heterocycles. The SMILES string of the molecule is CCOC(=O)c1cnn2c3c(c(=O)[nH]c12)CN(Cc1ccc(OC)cc1)CC3. The van der Waals surface area contributed by atoms with E-state index in [0.29, 0.717) is 24.2 Å². The van der Waals surface area contributed by atoms with E-state index in [1.807, 2.05) is 24.3 Å². The maximum Gasteiger partial charge on any atom is 0.343 e. The first kappa shape index (κ1) is 18.2. The number of esters is 1. The predicted octanol–water partition coefficient (Wildman–Crippen LogP) is 1.77. The van der Waals surface area contributed by atoms with Crippen molar-refractivity contribution in [2.75, 3.05) is 20.3 Å². The highest BCUT2D eigenvalue weighted by molar-refractivity contribution is 5.95. The first-order valence-corrected chi connectivity index (χ1v) is 9.25. The number of aromatic nitrogens is 3. The summed E-state index contributed by atoms with van der Waals surface area (Å²) in [5.74, 6) is 0.340. The molecule has 8 heteroatoms. The fourth-order valence-corrected chi connectivity index (χ4v) is 3.58. The zero-order chi connectivity index (χ0) is 19.7. The minimum Gasteiger partial charge on any atom is -0.497 e. The summed E-state index contributed by atoms with van der Waals surface area (Å²) in [7, 11) is 1.65. The monoisotopic (exact) mass is 382 g/mol. The number of fused-ring (bicyclic) bond motifs is 3. The summed E-state index contributed by atoms with van der Waals surface area (Å²) in [6, 6.07) is 7.93. The van der Waals surface area contributed by atoms with E-state index in [1.54, 1.807) is 18.5 Å². The van der Waals surface area contributed by atoms with Crippen molar-refractivity contribution in [2.45, 2.75) is 26.4 Å². The Morgan fingerprint density at radius 3 is 2.79 bits per heavy atom. The van der Waals surface area contributed by atoms with Gasteiger partial charge in [0.15, 0.2) is 5.65 Å². The van der Waals surface area contributed by atoms with Gasteiger partial charge in [-0.15, -0.1) is 0 Å². The van der Waals surface area contributed by atoms with Gasteiger partial charge in [-0.25, -0.2) is 9.31 Å². The summed E-state index contributed by atoms with van der Waals surface area (Å²) >= 11 is 0. The van der Waals surface area contributed by atoms with Gasteiger partial charge in [0, 0.05) is 26.1 Å². The van der Waals surface area contributed by atoms with Gasteiger partial charge in [0.2, 0.25) is 0 Å². The van der Waals surface area contributed by atoms with Crippen LogP contribution in [0.15, 0.2) is 35.3 Å². The summed E-state index contributed by atoms with van der Waals surface area (Å²) in [5.41, 5.74) is 3.18.